The van der Waals surface area contributed by atoms with Gasteiger partial charge in [0.25, 0.3) is 5.91 Å². The first kappa shape index (κ1) is 12.7. The minimum Gasteiger partial charge on any atom is -0.481 e. The Balaban J connectivity index is 1.91. The van der Waals surface area contributed by atoms with Gasteiger partial charge in [0, 0.05) is 35.8 Å². The Kier molecular flexibility index (Phi) is 2.78. The first-order valence-corrected chi connectivity index (χ1v) is 6.60. The molecule has 1 aromatic carbocycles. The van der Waals surface area contributed by atoms with Crippen LogP contribution < -0.4 is 0 Å². The molecule has 1 amide bonds. The molecule has 5 nitrogen and oxygen atoms in total. The van der Waals surface area contributed by atoms with Gasteiger partial charge in [0.05, 0.1) is 5.41 Å². The number of carbonyl (C=O) groups excluding carboxylic acids is 1. The number of amides is 1. The fourth-order valence-corrected chi connectivity index (χ4v) is 2.75. The zero-order chi connectivity index (χ0) is 14.3. The predicted octanol–water partition coefficient (Wildman–Crippen LogP) is 2.10. The molecular formula is C15H16N2O3. The molecule has 0 radical (unpaired) electrons. The Morgan fingerprint density at radius 1 is 1.35 bits per heavy atom. The van der Waals surface area contributed by atoms with Crippen molar-refractivity contribution in [1.29, 1.82) is 0 Å². The fraction of sp³-hybridized carbons (Fsp3) is 0.333. The number of aromatic nitrogens is 1. The summed E-state index contributed by atoms with van der Waals surface area (Å²) < 4.78 is 0. The fourth-order valence-electron chi connectivity index (χ4n) is 2.75. The van der Waals surface area contributed by atoms with E-state index in [9.17, 15) is 14.7 Å². The molecule has 2 aromatic rings. The Labute approximate surface area is 116 Å². The van der Waals surface area contributed by atoms with Gasteiger partial charge in [-0.05, 0) is 31.5 Å². The van der Waals surface area contributed by atoms with Crippen LogP contribution >= 0.6 is 0 Å². The van der Waals surface area contributed by atoms with Crippen molar-refractivity contribution in [3.8, 4) is 0 Å². The molecule has 0 bridgehead atoms. The van der Waals surface area contributed by atoms with E-state index in [1.165, 1.54) is 0 Å². The number of fused-ring (bicyclic) bond motifs is 1. The summed E-state index contributed by atoms with van der Waals surface area (Å²) in [6, 6.07) is 7.40. The lowest BCUT2D eigenvalue weighted by Gasteiger charge is -2.20. The van der Waals surface area contributed by atoms with E-state index in [1.54, 1.807) is 24.1 Å². The van der Waals surface area contributed by atoms with Gasteiger partial charge in [0.15, 0.2) is 0 Å². The van der Waals surface area contributed by atoms with Gasteiger partial charge in [-0.15, -0.1) is 0 Å². The molecule has 3 rings (SSSR count). The molecule has 1 unspecified atom stereocenters. The number of nitrogens with zero attached hydrogens (tertiary/aromatic N) is 1. The summed E-state index contributed by atoms with van der Waals surface area (Å²) >= 11 is 0. The van der Waals surface area contributed by atoms with E-state index in [-0.39, 0.29) is 12.5 Å². The summed E-state index contributed by atoms with van der Waals surface area (Å²) in [6.07, 6.45) is 2.30. The molecule has 104 valence electrons. The standard InChI is InChI=1S/C15H16N2O3/c1-15(14(19)20)6-8-17(9-15)13(18)11-3-2-4-12-10(11)5-7-16-12/h2-5,7,16H,6,8-9H2,1H3,(H,19,20). The predicted molar refractivity (Wildman–Crippen MR) is 74.6 cm³/mol. The van der Waals surface area contributed by atoms with Crippen molar-refractivity contribution in [2.45, 2.75) is 13.3 Å². The van der Waals surface area contributed by atoms with Crippen molar-refractivity contribution >= 4 is 22.8 Å². The number of hydrogen-bond donors (Lipinski definition) is 2. The summed E-state index contributed by atoms with van der Waals surface area (Å²) in [7, 11) is 0. The van der Waals surface area contributed by atoms with Gasteiger partial charge in [-0.25, -0.2) is 0 Å². The zero-order valence-electron chi connectivity index (χ0n) is 11.2. The van der Waals surface area contributed by atoms with Gasteiger partial charge in [-0.3, -0.25) is 9.59 Å². The van der Waals surface area contributed by atoms with Gasteiger partial charge in [0.2, 0.25) is 0 Å². The van der Waals surface area contributed by atoms with Gasteiger partial charge in [-0.2, -0.15) is 0 Å². The molecule has 1 saturated heterocycles. The number of carboxylic acid groups (broad SMARTS) is 1. The molecule has 2 N–H and O–H groups in total. The largest absolute Gasteiger partial charge is 0.481 e. The molecule has 1 aliphatic heterocycles. The van der Waals surface area contributed by atoms with Crippen molar-refractivity contribution in [1.82, 2.24) is 9.88 Å². The van der Waals surface area contributed by atoms with E-state index in [0.717, 1.165) is 10.9 Å². The quantitative estimate of drug-likeness (QED) is 0.879. The molecule has 1 atom stereocenters. The summed E-state index contributed by atoms with van der Waals surface area (Å²) in [4.78, 5) is 28.6. The van der Waals surface area contributed by atoms with Crippen LogP contribution in [-0.2, 0) is 4.79 Å². The lowest BCUT2D eigenvalue weighted by atomic mass is 9.90. The van der Waals surface area contributed by atoms with Gasteiger partial charge in [-0.1, -0.05) is 6.07 Å². The van der Waals surface area contributed by atoms with Crippen LogP contribution in [0.5, 0.6) is 0 Å². The summed E-state index contributed by atoms with van der Waals surface area (Å²) in [5, 5.41) is 10.1. The third-order valence-corrected chi connectivity index (χ3v) is 4.10. The summed E-state index contributed by atoms with van der Waals surface area (Å²) in [5.41, 5.74) is 0.705. The number of carboxylic acids is 1. The highest BCUT2D eigenvalue weighted by Crippen LogP contribution is 2.31. The van der Waals surface area contributed by atoms with Crippen LogP contribution in [0.3, 0.4) is 0 Å². The molecular weight excluding hydrogens is 256 g/mol. The van der Waals surface area contributed by atoms with Gasteiger partial charge in [0.1, 0.15) is 0 Å². The highest BCUT2D eigenvalue weighted by Gasteiger charge is 2.42. The summed E-state index contributed by atoms with van der Waals surface area (Å²) in [5.74, 6) is -0.937. The van der Waals surface area contributed by atoms with E-state index in [0.29, 0.717) is 18.5 Å². The van der Waals surface area contributed by atoms with Crippen molar-refractivity contribution in [3.05, 3.63) is 36.0 Å². The number of carbonyl (C=O) groups is 2. The molecule has 1 aliphatic rings. The maximum atomic E-state index is 12.6. The van der Waals surface area contributed by atoms with Crippen LogP contribution in [0.15, 0.2) is 30.5 Å². The average molecular weight is 272 g/mol. The first-order chi connectivity index (χ1) is 9.51. The second-order valence-electron chi connectivity index (χ2n) is 5.59. The van der Waals surface area contributed by atoms with Crippen LogP contribution in [0.4, 0.5) is 0 Å². The van der Waals surface area contributed by atoms with E-state index < -0.39 is 11.4 Å². The Hall–Kier alpha value is -2.30. The summed E-state index contributed by atoms with van der Waals surface area (Å²) in [6.45, 7) is 2.45. The molecule has 1 fully saturated rings. The molecule has 2 heterocycles. The maximum absolute atomic E-state index is 12.6. The molecule has 0 aliphatic carbocycles. The molecule has 5 heteroatoms. The molecule has 0 saturated carbocycles. The highest BCUT2D eigenvalue weighted by molar-refractivity contribution is 6.06. The van der Waals surface area contributed by atoms with E-state index in [4.69, 9.17) is 0 Å². The normalized spacial score (nSPS) is 22.4. The van der Waals surface area contributed by atoms with Crippen molar-refractivity contribution in [2.24, 2.45) is 5.41 Å². The SMILES string of the molecule is CC1(C(=O)O)CCN(C(=O)c2cccc3[nH]ccc23)C1. The number of aliphatic carboxylic acids is 1. The topological polar surface area (TPSA) is 73.4 Å². The Morgan fingerprint density at radius 2 is 2.15 bits per heavy atom. The zero-order valence-corrected chi connectivity index (χ0v) is 11.2. The third-order valence-electron chi connectivity index (χ3n) is 4.10. The highest BCUT2D eigenvalue weighted by atomic mass is 16.4. The van der Waals surface area contributed by atoms with Gasteiger partial charge >= 0.3 is 5.97 Å². The minimum atomic E-state index is -0.840. The second kappa shape index (κ2) is 4.37. The monoisotopic (exact) mass is 272 g/mol. The Morgan fingerprint density at radius 3 is 2.85 bits per heavy atom. The van der Waals surface area contributed by atoms with E-state index in [2.05, 4.69) is 4.98 Å². The molecule has 1 aromatic heterocycles. The van der Waals surface area contributed by atoms with Crippen LogP contribution in [0.25, 0.3) is 10.9 Å². The third kappa shape index (κ3) is 1.86. The number of rotatable bonds is 2. The van der Waals surface area contributed by atoms with Crippen molar-refractivity contribution in [2.75, 3.05) is 13.1 Å². The number of likely N-dealkylation sites (tertiary alicyclic amines) is 1. The number of aromatic amines is 1. The average Bonchev–Trinajstić information content (AvgIpc) is 3.04. The Bertz CT molecular complexity index is 691. The number of hydrogen-bond acceptors (Lipinski definition) is 2. The lowest BCUT2D eigenvalue weighted by Crippen LogP contribution is -2.34. The molecule has 20 heavy (non-hydrogen) atoms. The second-order valence-corrected chi connectivity index (χ2v) is 5.59. The van der Waals surface area contributed by atoms with Crippen LogP contribution in [-0.4, -0.2) is 40.0 Å². The smallest absolute Gasteiger partial charge is 0.311 e. The number of H-pyrrole nitrogens is 1. The van der Waals surface area contributed by atoms with Crippen molar-refractivity contribution < 1.29 is 14.7 Å². The van der Waals surface area contributed by atoms with Crippen LogP contribution in [0.2, 0.25) is 0 Å². The maximum Gasteiger partial charge on any atom is 0.311 e. The van der Waals surface area contributed by atoms with E-state index in [1.807, 2.05) is 18.2 Å². The van der Waals surface area contributed by atoms with E-state index >= 15 is 0 Å². The number of benzene rings is 1. The molecule has 0 spiro atoms. The lowest BCUT2D eigenvalue weighted by molar-refractivity contribution is -0.147. The minimum absolute atomic E-state index is 0.0971. The van der Waals surface area contributed by atoms with Crippen molar-refractivity contribution in [3.63, 3.8) is 0 Å². The number of nitrogens with one attached hydrogen (secondary N) is 1. The van der Waals surface area contributed by atoms with Crippen LogP contribution in [0.1, 0.15) is 23.7 Å². The first-order valence-electron chi connectivity index (χ1n) is 6.60. The van der Waals surface area contributed by atoms with Crippen LogP contribution in [0, 0.1) is 5.41 Å². The van der Waals surface area contributed by atoms with Gasteiger partial charge < -0.3 is 15.0 Å².